The Balaban J connectivity index is 3.10. The van der Waals surface area contributed by atoms with Crippen LogP contribution in [0.2, 0.25) is 0 Å². The first kappa shape index (κ1) is 11.2. The van der Waals surface area contributed by atoms with Crippen LogP contribution in [0.1, 0.15) is 25.7 Å². The van der Waals surface area contributed by atoms with E-state index < -0.39 is 0 Å². The number of hydrogen-bond donors (Lipinski definition) is 4. The van der Waals surface area contributed by atoms with Crippen LogP contribution in [-0.4, -0.2) is 24.2 Å². The molecular formula is C7H18N4O. The molecule has 0 aliphatic heterocycles. The zero-order valence-electron chi connectivity index (χ0n) is 7.29. The first-order valence-electron chi connectivity index (χ1n) is 4.18. The van der Waals surface area contributed by atoms with E-state index >= 15 is 0 Å². The van der Waals surface area contributed by atoms with E-state index in [0.717, 1.165) is 25.7 Å². The summed E-state index contributed by atoms with van der Waals surface area (Å²) in [5.41, 5.74) is 7.54. The van der Waals surface area contributed by atoms with Gasteiger partial charge in [-0.2, -0.15) is 0 Å². The fourth-order valence-corrected chi connectivity index (χ4v) is 0.822. The largest absolute Gasteiger partial charge is 0.396 e. The Labute approximate surface area is 72.8 Å². The second-order valence-electron chi connectivity index (χ2n) is 2.55. The molecule has 0 bridgehead atoms. The van der Waals surface area contributed by atoms with Gasteiger partial charge in [0, 0.05) is 13.2 Å². The second-order valence-corrected chi connectivity index (χ2v) is 2.55. The van der Waals surface area contributed by atoms with Gasteiger partial charge in [0.25, 0.3) is 0 Å². The van der Waals surface area contributed by atoms with Crippen LogP contribution < -0.4 is 17.0 Å². The minimum atomic E-state index is 0.274. The van der Waals surface area contributed by atoms with E-state index in [1.807, 2.05) is 0 Å². The molecule has 0 aromatic carbocycles. The number of rotatable bonds is 6. The molecule has 5 nitrogen and oxygen atoms in total. The van der Waals surface area contributed by atoms with Crippen LogP contribution in [0.15, 0.2) is 4.99 Å². The van der Waals surface area contributed by atoms with E-state index in [-0.39, 0.29) is 12.6 Å². The first-order valence-corrected chi connectivity index (χ1v) is 4.18. The number of aliphatic hydroxyl groups excluding tert-OH is 1. The summed E-state index contributed by atoms with van der Waals surface area (Å²) in [6, 6.07) is 0. The molecule has 0 fully saturated rings. The van der Waals surface area contributed by atoms with Gasteiger partial charge in [-0.25, -0.2) is 5.84 Å². The van der Waals surface area contributed by atoms with Crippen molar-refractivity contribution in [2.75, 3.05) is 13.2 Å². The third-order valence-electron chi connectivity index (χ3n) is 1.50. The number of aliphatic hydroxyl groups is 1. The second kappa shape index (κ2) is 8.29. The topological polar surface area (TPSA) is 96.7 Å². The van der Waals surface area contributed by atoms with Gasteiger partial charge < -0.3 is 10.8 Å². The fourth-order valence-electron chi connectivity index (χ4n) is 0.822. The van der Waals surface area contributed by atoms with Gasteiger partial charge in [-0.1, -0.05) is 12.8 Å². The molecule has 12 heavy (non-hydrogen) atoms. The summed E-state index contributed by atoms with van der Waals surface area (Å²) in [5.74, 6) is 5.27. The summed E-state index contributed by atoms with van der Waals surface area (Å²) in [5, 5.41) is 8.47. The van der Waals surface area contributed by atoms with Gasteiger partial charge in [0.05, 0.1) is 0 Å². The molecule has 0 amide bonds. The van der Waals surface area contributed by atoms with Crippen LogP contribution in [0.25, 0.3) is 0 Å². The molecule has 0 aliphatic rings. The standard InChI is InChI=1S/C7H18N4O/c8-7(11-9)10-5-3-1-2-4-6-12/h12H,1-6,9H2,(H3,8,10,11). The van der Waals surface area contributed by atoms with Crippen LogP contribution in [0, 0.1) is 0 Å². The number of nitrogens with zero attached hydrogens (tertiary/aromatic N) is 1. The number of guanidine groups is 1. The summed E-state index contributed by atoms with van der Waals surface area (Å²) in [6.07, 6.45) is 3.97. The lowest BCUT2D eigenvalue weighted by Gasteiger charge is -1.98. The molecule has 0 saturated carbocycles. The SMILES string of the molecule is NNC(N)=NCCCCCCO. The van der Waals surface area contributed by atoms with Crippen molar-refractivity contribution in [3.63, 3.8) is 0 Å². The molecule has 0 aromatic rings. The highest BCUT2D eigenvalue weighted by Crippen LogP contribution is 1.98. The molecule has 0 rings (SSSR count). The molecule has 0 radical (unpaired) electrons. The highest BCUT2D eigenvalue weighted by molar-refractivity contribution is 5.76. The molecule has 0 heterocycles. The third-order valence-corrected chi connectivity index (χ3v) is 1.50. The predicted octanol–water partition coefficient (Wildman–Crippen LogP) is -0.683. The zero-order valence-corrected chi connectivity index (χ0v) is 7.29. The average molecular weight is 174 g/mol. The minimum absolute atomic E-state index is 0.274. The van der Waals surface area contributed by atoms with Crippen molar-refractivity contribution in [2.24, 2.45) is 16.6 Å². The van der Waals surface area contributed by atoms with Gasteiger partial charge in [-0.15, -0.1) is 0 Å². The number of nitrogens with one attached hydrogen (secondary N) is 1. The predicted molar refractivity (Wildman–Crippen MR) is 49.4 cm³/mol. The number of hydrazine groups is 1. The Morgan fingerprint density at radius 2 is 1.92 bits per heavy atom. The Morgan fingerprint density at radius 3 is 2.50 bits per heavy atom. The van der Waals surface area contributed by atoms with Crippen LogP contribution in [0.3, 0.4) is 0 Å². The van der Waals surface area contributed by atoms with E-state index in [1.54, 1.807) is 0 Å². The van der Waals surface area contributed by atoms with Gasteiger partial charge in [0.2, 0.25) is 5.96 Å². The van der Waals surface area contributed by atoms with Gasteiger partial charge in [-0.3, -0.25) is 10.4 Å². The monoisotopic (exact) mass is 174 g/mol. The first-order chi connectivity index (χ1) is 5.81. The van der Waals surface area contributed by atoms with E-state index in [4.69, 9.17) is 16.7 Å². The number of nitrogens with two attached hydrogens (primary N) is 2. The maximum atomic E-state index is 8.47. The number of unbranched alkanes of at least 4 members (excludes halogenated alkanes) is 3. The van der Waals surface area contributed by atoms with E-state index in [1.165, 1.54) is 0 Å². The lowest BCUT2D eigenvalue weighted by atomic mass is 10.2. The maximum absolute atomic E-state index is 8.47. The third kappa shape index (κ3) is 7.30. The van der Waals surface area contributed by atoms with Crippen LogP contribution in [0.4, 0.5) is 0 Å². The maximum Gasteiger partial charge on any atom is 0.203 e. The van der Waals surface area contributed by atoms with E-state index in [9.17, 15) is 0 Å². The summed E-state index contributed by atoms with van der Waals surface area (Å²) in [4.78, 5) is 3.94. The van der Waals surface area contributed by atoms with Crippen molar-refractivity contribution >= 4 is 5.96 Å². The van der Waals surface area contributed by atoms with Crippen LogP contribution in [-0.2, 0) is 0 Å². The highest BCUT2D eigenvalue weighted by Gasteiger charge is 1.88. The van der Waals surface area contributed by atoms with Crippen molar-refractivity contribution in [2.45, 2.75) is 25.7 Å². The quantitative estimate of drug-likeness (QED) is 0.141. The molecule has 0 unspecified atom stereocenters. The molecule has 72 valence electrons. The lowest BCUT2D eigenvalue weighted by Crippen LogP contribution is -2.37. The molecule has 0 atom stereocenters. The van der Waals surface area contributed by atoms with Crippen molar-refractivity contribution in [1.82, 2.24) is 5.43 Å². The minimum Gasteiger partial charge on any atom is -0.396 e. The number of hydrogen-bond acceptors (Lipinski definition) is 3. The van der Waals surface area contributed by atoms with E-state index in [0.29, 0.717) is 6.54 Å². The molecule has 0 saturated heterocycles. The Morgan fingerprint density at radius 1 is 1.25 bits per heavy atom. The van der Waals surface area contributed by atoms with Crippen molar-refractivity contribution < 1.29 is 5.11 Å². The Bertz CT molecular complexity index is 127. The van der Waals surface area contributed by atoms with Gasteiger partial charge in [-0.05, 0) is 12.8 Å². The molecule has 5 heteroatoms. The fraction of sp³-hybridized carbons (Fsp3) is 0.857. The zero-order chi connectivity index (χ0) is 9.23. The van der Waals surface area contributed by atoms with E-state index in [2.05, 4.69) is 10.4 Å². The summed E-state index contributed by atoms with van der Waals surface area (Å²) in [6.45, 7) is 0.969. The van der Waals surface area contributed by atoms with Crippen LogP contribution >= 0.6 is 0 Å². The van der Waals surface area contributed by atoms with Gasteiger partial charge in [0.15, 0.2) is 0 Å². The smallest absolute Gasteiger partial charge is 0.203 e. The normalized spacial score (nSPS) is 11.7. The summed E-state index contributed by atoms with van der Waals surface area (Å²) < 4.78 is 0. The summed E-state index contributed by atoms with van der Waals surface area (Å²) >= 11 is 0. The van der Waals surface area contributed by atoms with Crippen molar-refractivity contribution in [3.8, 4) is 0 Å². The molecule has 6 N–H and O–H groups in total. The number of aliphatic imine (C=N–C) groups is 1. The van der Waals surface area contributed by atoms with Crippen molar-refractivity contribution in [1.29, 1.82) is 0 Å². The van der Waals surface area contributed by atoms with Gasteiger partial charge in [0.1, 0.15) is 0 Å². The van der Waals surface area contributed by atoms with Gasteiger partial charge >= 0.3 is 0 Å². The highest BCUT2D eigenvalue weighted by atomic mass is 16.2. The lowest BCUT2D eigenvalue weighted by molar-refractivity contribution is 0.282. The molecule has 0 spiro atoms. The Hall–Kier alpha value is -0.810. The van der Waals surface area contributed by atoms with Crippen molar-refractivity contribution in [3.05, 3.63) is 0 Å². The molecular weight excluding hydrogens is 156 g/mol. The molecule has 0 aromatic heterocycles. The molecule has 0 aliphatic carbocycles. The van der Waals surface area contributed by atoms with Crippen LogP contribution in [0.5, 0.6) is 0 Å². The summed E-state index contributed by atoms with van der Waals surface area (Å²) in [7, 11) is 0. The average Bonchev–Trinajstić information content (AvgIpc) is 2.10. The Kier molecular flexibility index (Phi) is 7.73.